The van der Waals surface area contributed by atoms with Crippen molar-refractivity contribution >= 4 is 17.7 Å². The fourth-order valence-electron chi connectivity index (χ4n) is 2.70. The minimum Gasteiger partial charge on any atom is -0.487 e. The van der Waals surface area contributed by atoms with Gasteiger partial charge in [-0.05, 0) is 38.5 Å². The number of Topliss-reactive ketones (excluding diaryl/α,β-unsaturated/α-hetero) is 1. The minimum absolute atomic E-state index is 0.0864. The van der Waals surface area contributed by atoms with Gasteiger partial charge in [-0.1, -0.05) is 19.8 Å². The van der Waals surface area contributed by atoms with E-state index in [1.54, 1.807) is 12.1 Å². The van der Waals surface area contributed by atoms with Crippen molar-refractivity contribution in [2.45, 2.75) is 58.1 Å². The highest BCUT2D eigenvalue weighted by Crippen LogP contribution is 2.33. The van der Waals surface area contributed by atoms with Crippen LogP contribution in [0.25, 0.3) is 0 Å². The summed E-state index contributed by atoms with van der Waals surface area (Å²) in [6.45, 7) is 5.62. The first-order valence-electron chi connectivity index (χ1n) is 8.13. The molecule has 6 heteroatoms. The maximum absolute atomic E-state index is 12.3. The summed E-state index contributed by atoms with van der Waals surface area (Å²) in [5, 5.41) is 11.7. The van der Waals surface area contributed by atoms with E-state index in [0.29, 0.717) is 24.2 Å². The molecule has 0 spiro atoms. The molecule has 0 radical (unpaired) electrons. The number of carbonyl (C=O) groups excluding carboxylic acids is 2. The van der Waals surface area contributed by atoms with Crippen LogP contribution >= 0.6 is 0 Å². The second-order valence-electron chi connectivity index (χ2n) is 6.68. The number of nitrogens with one attached hydrogen (secondary N) is 1. The summed E-state index contributed by atoms with van der Waals surface area (Å²) in [6, 6.07) is 3.67. The Morgan fingerprint density at radius 1 is 1.38 bits per heavy atom. The maximum Gasteiger partial charge on any atom is 0.326 e. The predicted octanol–water partition coefficient (Wildman–Crippen LogP) is 2.80. The fraction of sp³-hybridized carbons (Fsp3) is 0.500. The molecule has 1 amide bonds. The number of fused-ring (bicyclic) bond motifs is 1. The van der Waals surface area contributed by atoms with Crippen LogP contribution in [0.4, 0.5) is 0 Å². The van der Waals surface area contributed by atoms with Crippen molar-refractivity contribution in [1.29, 1.82) is 0 Å². The van der Waals surface area contributed by atoms with Gasteiger partial charge < -0.3 is 15.2 Å². The molecular weight excluding hydrogens is 310 g/mol. The van der Waals surface area contributed by atoms with Gasteiger partial charge in [0.2, 0.25) is 0 Å². The van der Waals surface area contributed by atoms with E-state index in [1.165, 1.54) is 6.07 Å². The molecule has 24 heavy (non-hydrogen) atoms. The van der Waals surface area contributed by atoms with Crippen LogP contribution in [0, 0.1) is 0 Å². The van der Waals surface area contributed by atoms with E-state index in [4.69, 9.17) is 4.74 Å². The molecule has 0 saturated carbocycles. The number of rotatable bonds is 6. The van der Waals surface area contributed by atoms with E-state index in [9.17, 15) is 19.5 Å². The van der Waals surface area contributed by atoms with E-state index < -0.39 is 23.5 Å². The van der Waals surface area contributed by atoms with Gasteiger partial charge in [-0.25, -0.2) is 4.79 Å². The topological polar surface area (TPSA) is 92.7 Å². The lowest BCUT2D eigenvalue weighted by molar-refractivity contribution is -0.139. The SMILES string of the molecule is CCCCC(NC(=O)c1ccc2c(c1)C(=O)CC(C)(C)O2)C(=O)O. The fourth-order valence-corrected chi connectivity index (χ4v) is 2.70. The van der Waals surface area contributed by atoms with Crippen LogP contribution in [-0.4, -0.2) is 34.4 Å². The zero-order chi connectivity index (χ0) is 17.9. The molecule has 1 unspecified atom stereocenters. The molecule has 1 heterocycles. The Hall–Kier alpha value is -2.37. The standard InChI is InChI=1S/C18H23NO5/c1-4-5-6-13(17(22)23)19-16(21)11-7-8-15-12(9-11)14(20)10-18(2,3)24-15/h7-9,13H,4-6,10H2,1-3H3,(H,19,21)(H,22,23). The smallest absolute Gasteiger partial charge is 0.326 e. The summed E-state index contributed by atoms with van der Waals surface area (Å²) in [6.07, 6.45) is 2.17. The highest BCUT2D eigenvalue weighted by molar-refractivity contribution is 6.04. The van der Waals surface area contributed by atoms with Crippen molar-refractivity contribution in [3.63, 3.8) is 0 Å². The maximum atomic E-state index is 12.3. The van der Waals surface area contributed by atoms with Crippen molar-refractivity contribution in [2.24, 2.45) is 0 Å². The highest BCUT2D eigenvalue weighted by Gasteiger charge is 2.33. The molecule has 6 nitrogen and oxygen atoms in total. The van der Waals surface area contributed by atoms with Gasteiger partial charge >= 0.3 is 5.97 Å². The van der Waals surface area contributed by atoms with E-state index in [-0.39, 0.29) is 17.8 Å². The first kappa shape index (κ1) is 18.0. The summed E-state index contributed by atoms with van der Waals surface area (Å²) < 4.78 is 5.75. The Labute approximate surface area is 141 Å². The molecule has 1 aromatic carbocycles. The monoisotopic (exact) mass is 333 g/mol. The first-order valence-corrected chi connectivity index (χ1v) is 8.13. The van der Waals surface area contributed by atoms with Crippen LogP contribution in [0.2, 0.25) is 0 Å². The third kappa shape index (κ3) is 4.13. The van der Waals surface area contributed by atoms with E-state index in [1.807, 2.05) is 20.8 Å². The van der Waals surface area contributed by atoms with Gasteiger partial charge in [0, 0.05) is 5.56 Å². The Balaban J connectivity index is 2.18. The lowest BCUT2D eigenvalue weighted by Crippen LogP contribution is -2.41. The van der Waals surface area contributed by atoms with E-state index in [2.05, 4.69) is 5.32 Å². The van der Waals surface area contributed by atoms with Crippen LogP contribution in [0.15, 0.2) is 18.2 Å². The number of benzene rings is 1. The number of ketones is 1. The average molecular weight is 333 g/mol. The second kappa shape index (κ2) is 7.03. The number of carboxylic acids is 1. The van der Waals surface area contributed by atoms with Gasteiger partial charge in [-0.15, -0.1) is 0 Å². The van der Waals surface area contributed by atoms with Crippen molar-refractivity contribution in [1.82, 2.24) is 5.32 Å². The van der Waals surface area contributed by atoms with Crippen LogP contribution in [0.3, 0.4) is 0 Å². The molecule has 2 rings (SSSR count). The number of hydrogen-bond acceptors (Lipinski definition) is 4. The molecule has 130 valence electrons. The number of unbranched alkanes of at least 4 members (excludes halogenated alkanes) is 1. The number of amides is 1. The van der Waals surface area contributed by atoms with Gasteiger partial charge in [0.15, 0.2) is 5.78 Å². The van der Waals surface area contributed by atoms with Crippen LogP contribution in [0.1, 0.15) is 67.2 Å². The summed E-state index contributed by atoms with van der Waals surface area (Å²) in [7, 11) is 0. The van der Waals surface area contributed by atoms with Crippen molar-refractivity contribution < 1.29 is 24.2 Å². The van der Waals surface area contributed by atoms with Gasteiger partial charge in [0.1, 0.15) is 17.4 Å². The van der Waals surface area contributed by atoms with E-state index >= 15 is 0 Å². The Morgan fingerprint density at radius 3 is 2.71 bits per heavy atom. The van der Waals surface area contributed by atoms with Crippen molar-refractivity contribution in [3.05, 3.63) is 29.3 Å². The molecule has 0 aliphatic carbocycles. The zero-order valence-electron chi connectivity index (χ0n) is 14.2. The highest BCUT2D eigenvalue weighted by atomic mass is 16.5. The molecular formula is C18H23NO5. The third-order valence-corrected chi connectivity index (χ3v) is 3.96. The molecule has 2 N–H and O–H groups in total. The molecule has 1 aromatic rings. The number of ether oxygens (including phenoxy) is 1. The van der Waals surface area contributed by atoms with Crippen LogP contribution in [-0.2, 0) is 4.79 Å². The van der Waals surface area contributed by atoms with Crippen LogP contribution < -0.4 is 10.1 Å². The van der Waals surface area contributed by atoms with Crippen molar-refractivity contribution in [2.75, 3.05) is 0 Å². The van der Waals surface area contributed by atoms with E-state index in [0.717, 1.165) is 6.42 Å². The quantitative estimate of drug-likeness (QED) is 0.835. The largest absolute Gasteiger partial charge is 0.487 e. The Kier molecular flexibility index (Phi) is 5.26. The summed E-state index contributed by atoms with van der Waals surface area (Å²) in [5.41, 5.74) is 0.0538. The van der Waals surface area contributed by atoms with Gasteiger partial charge in [0.05, 0.1) is 12.0 Å². The molecule has 1 atom stereocenters. The molecule has 0 aromatic heterocycles. The third-order valence-electron chi connectivity index (χ3n) is 3.96. The first-order chi connectivity index (χ1) is 11.2. The van der Waals surface area contributed by atoms with Crippen molar-refractivity contribution in [3.8, 4) is 5.75 Å². The molecule has 0 fully saturated rings. The zero-order valence-corrected chi connectivity index (χ0v) is 14.2. The van der Waals surface area contributed by atoms with Gasteiger partial charge in [-0.2, -0.15) is 0 Å². The normalized spacial score (nSPS) is 16.7. The minimum atomic E-state index is -1.06. The van der Waals surface area contributed by atoms with Gasteiger partial charge in [-0.3, -0.25) is 9.59 Å². The van der Waals surface area contributed by atoms with Crippen LogP contribution in [0.5, 0.6) is 5.75 Å². The van der Waals surface area contributed by atoms with Gasteiger partial charge in [0.25, 0.3) is 5.91 Å². The Bertz CT molecular complexity index is 665. The lowest BCUT2D eigenvalue weighted by Gasteiger charge is -2.31. The number of aliphatic carboxylic acids is 1. The number of carbonyl (C=O) groups is 3. The summed E-state index contributed by atoms with van der Waals surface area (Å²) >= 11 is 0. The predicted molar refractivity (Wildman–Crippen MR) is 88.5 cm³/mol. The lowest BCUT2D eigenvalue weighted by atomic mass is 9.92. The molecule has 1 aliphatic rings. The summed E-state index contributed by atoms with van der Waals surface area (Å²) in [4.78, 5) is 35.8. The second-order valence-corrected chi connectivity index (χ2v) is 6.68. The number of carboxylic acid groups (broad SMARTS) is 1. The molecule has 0 saturated heterocycles. The molecule has 0 bridgehead atoms. The summed E-state index contributed by atoms with van der Waals surface area (Å²) in [5.74, 6) is -1.19. The Morgan fingerprint density at radius 2 is 2.08 bits per heavy atom. The molecule has 1 aliphatic heterocycles. The number of hydrogen-bond donors (Lipinski definition) is 2. The average Bonchev–Trinajstić information content (AvgIpc) is 2.49.